The Hall–Kier alpha value is -2.22. The van der Waals surface area contributed by atoms with Gasteiger partial charge in [-0.05, 0) is 49.9 Å². The summed E-state index contributed by atoms with van der Waals surface area (Å²) < 4.78 is 0. The highest BCUT2D eigenvalue weighted by atomic mass is 14.9. The van der Waals surface area contributed by atoms with Gasteiger partial charge in [0.2, 0.25) is 0 Å². The second-order valence-electron chi connectivity index (χ2n) is 6.52. The molecule has 0 aliphatic rings. The van der Waals surface area contributed by atoms with Crippen molar-refractivity contribution in [3.8, 4) is 11.4 Å². The van der Waals surface area contributed by atoms with E-state index in [1.54, 1.807) is 0 Å². The Balaban J connectivity index is 2.10. The third-order valence-corrected chi connectivity index (χ3v) is 3.82. The van der Waals surface area contributed by atoms with Gasteiger partial charge in [0.05, 0.1) is 5.52 Å². The van der Waals surface area contributed by atoms with Crippen molar-refractivity contribution >= 4 is 10.9 Å². The molecule has 22 heavy (non-hydrogen) atoms. The molecule has 3 aromatic rings. The van der Waals surface area contributed by atoms with E-state index in [1.165, 1.54) is 22.1 Å². The van der Waals surface area contributed by atoms with Crippen molar-refractivity contribution in [1.29, 1.82) is 0 Å². The van der Waals surface area contributed by atoms with Crippen LogP contribution in [0.15, 0.2) is 42.6 Å². The van der Waals surface area contributed by atoms with Gasteiger partial charge < -0.3 is 0 Å². The molecule has 2 nitrogen and oxygen atoms in total. The number of aryl methyl sites for hydroxylation is 2. The van der Waals surface area contributed by atoms with Gasteiger partial charge in [-0.15, -0.1) is 0 Å². The molecule has 0 radical (unpaired) electrons. The summed E-state index contributed by atoms with van der Waals surface area (Å²) in [5.74, 6) is 1.44. The second kappa shape index (κ2) is 5.88. The fourth-order valence-corrected chi connectivity index (χ4v) is 2.98. The molecule has 0 spiro atoms. The highest BCUT2D eigenvalue weighted by Crippen LogP contribution is 2.24. The average molecular weight is 290 g/mol. The van der Waals surface area contributed by atoms with E-state index in [2.05, 4.69) is 69.1 Å². The summed E-state index contributed by atoms with van der Waals surface area (Å²) in [5, 5.41) is 1.17. The van der Waals surface area contributed by atoms with Crippen molar-refractivity contribution in [2.24, 2.45) is 5.92 Å². The van der Waals surface area contributed by atoms with Gasteiger partial charge in [0, 0.05) is 17.1 Å². The molecular formula is C20H22N2. The van der Waals surface area contributed by atoms with Gasteiger partial charge in [0.15, 0.2) is 5.82 Å². The normalized spacial score (nSPS) is 11.3. The van der Waals surface area contributed by atoms with Crippen LogP contribution in [0.4, 0.5) is 0 Å². The smallest absolute Gasteiger partial charge is 0.159 e. The summed E-state index contributed by atoms with van der Waals surface area (Å²) in [4.78, 5) is 9.40. The number of fused-ring (bicyclic) bond motifs is 1. The molecule has 2 aromatic carbocycles. The van der Waals surface area contributed by atoms with Gasteiger partial charge in [-0.3, -0.25) is 0 Å². The molecule has 0 fully saturated rings. The molecule has 0 atom stereocenters. The van der Waals surface area contributed by atoms with Crippen LogP contribution in [0.25, 0.3) is 22.3 Å². The molecule has 0 unspecified atom stereocenters. The Labute approximate surface area is 132 Å². The molecule has 0 aliphatic carbocycles. The molecule has 0 bridgehead atoms. The first kappa shape index (κ1) is 14.7. The summed E-state index contributed by atoms with van der Waals surface area (Å²) in [6.07, 6.45) is 3.04. The van der Waals surface area contributed by atoms with Gasteiger partial charge in [0.25, 0.3) is 0 Å². The maximum absolute atomic E-state index is 4.78. The number of benzene rings is 2. The first-order valence-corrected chi connectivity index (χ1v) is 7.86. The molecular weight excluding hydrogens is 268 g/mol. The highest BCUT2D eigenvalue weighted by Gasteiger charge is 2.08. The second-order valence-corrected chi connectivity index (χ2v) is 6.52. The first-order valence-electron chi connectivity index (χ1n) is 7.86. The third-order valence-electron chi connectivity index (χ3n) is 3.82. The molecule has 1 aromatic heterocycles. The van der Waals surface area contributed by atoms with E-state index in [0.29, 0.717) is 5.92 Å². The van der Waals surface area contributed by atoms with Crippen LogP contribution >= 0.6 is 0 Å². The number of nitrogens with zero attached hydrogens (tertiary/aromatic N) is 2. The Morgan fingerprint density at radius 1 is 1.00 bits per heavy atom. The molecule has 3 rings (SSSR count). The fraction of sp³-hybridized carbons (Fsp3) is 0.300. The molecule has 0 aliphatic heterocycles. The Bertz CT molecular complexity index is 799. The van der Waals surface area contributed by atoms with Gasteiger partial charge in [-0.1, -0.05) is 43.2 Å². The van der Waals surface area contributed by atoms with Crippen LogP contribution in [-0.4, -0.2) is 9.97 Å². The molecule has 2 heteroatoms. The maximum atomic E-state index is 4.78. The quantitative estimate of drug-likeness (QED) is 0.669. The van der Waals surface area contributed by atoms with Crippen LogP contribution < -0.4 is 0 Å². The maximum Gasteiger partial charge on any atom is 0.159 e. The van der Waals surface area contributed by atoms with Gasteiger partial charge in [0.1, 0.15) is 0 Å². The minimum Gasteiger partial charge on any atom is -0.236 e. The van der Waals surface area contributed by atoms with Crippen LogP contribution in [0.1, 0.15) is 30.5 Å². The van der Waals surface area contributed by atoms with Crippen molar-refractivity contribution in [2.45, 2.75) is 34.1 Å². The number of hydrogen-bond acceptors (Lipinski definition) is 2. The Morgan fingerprint density at radius 3 is 2.41 bits per heavy atom. The van der Waals surface area contributed by atoms with E-state index in [-0.39, 0.29) is 0 Å². The zero-order valence-corrected chi connectivity index (χ0v) is 13.7. The standard InChI is InChI=1S/C20H22N2/c1-13(2)8-16-6-5-7-19-18(16)12-21-20(22-19)17-10-14(3)9-15(4)11-17/h5-7,9-13H,8H2,1-4H3. The van der Waals surface area contributed by atoms with E-state index in [1.807, 2.05) is 6.20 Å². The molecule has 112 valence electrons. The lowest BCUT2D eigenvalue weighted by molar-refractivity contribution is 0.650. The van der Waals surface area contributed by atoms with E-state index in [0.717, 1.165) is 23.3 Å². The van der Waals surface area contributed by atoms with Crippen LogP contribution in [-0.2, 0) is 6.42 Å². The van der Waals surface area contributed by atoms with Gasteiger partial charge in [-0.25, -0.2) is 9.97 Å². The van der Waals surface area contributed by atoms with E-state index in [4.69, 9.17) is 4.98 Å². The number of aromatic nitrogens is 2. The zero-order valence-electron chi connectivity index (χ0n) is 13.7. The summed E-state index contributed by atoms with van der Waals surface area (Å²) >= 11 is 0. The molecule has 1 heterocycles. The Morgan fingerprint density at radius 2 is 1.73 bits per heavy atom. The van der Waals surface area contributed by atoms with Crippen LogP contribution in [0.2, 0.25) is 0 Å². The molecule has 0 N–H and O–H groups in total. The summed E-state index contributed by atoms with van der Waals surface area (Å²) in [6, 6.07) is 12.8. The predicted octanol–water partition coefficient (Wildman–Crippen LogP) is 5.11. The highest BCUT2D eigenvalue weighted by molar-refractivity contribution is 5.83. The largest absolute Gasteiger partial charge is 0.236 e. The van der Waals surface area contributed by atoms with Crippen LogP contribution in [0.3, 0.4) is 0 Å². The predicted molar refractivity (Wildman–Crippen MR) is 93.0 cm³/mol. The number of hydrogen-bond donors (Lipinski definition) is 0. The van der Waals surface area contributed by atoms with E-state index < -0.39 is 0 Å². The van der Waals surface area contributed by atoms with Crippen LogP contribution in [0.5, 0.6) is 0 Å². The SMILES string of the molecule is Cc1cc(C)cc(-c2ncc3c(CC(C)C)cccc3n2)c1. The van der Waals surface area contributed by atoms with Gasteiger partial charge in [-0.2, -0.15) is 0 Å². The van der Waals surface area contributed by atoms with E-state index in [9.17, 15) is 0 Å². The third kappa shape index (κ3) is 3.01. The topological polar surface area (TPSA) is 25.8 Å². The summed E-state index contributed by atoms with van der Waals surface area (Å²) in [6.45, 7) is 8.70. The van der Waals surface area contributed by atoms with E-state index >= 15 is 0 Å². The minimum atomic E-state index is 0.629. The van der Waals surface area contributed by atoms with Crippen LogP contribution in [0, 0.1) is 19.8 Å². The summed E-state index contributed by atoms with van der Waals surface area (Å²) in [7, 11) is 0. The molecule has 0 amide bonds. The van der Waals surface area contributed by atoms with Crippen molar-refractivity contribution in [2.75, 3.05) is 0 Å². The average Bonchev–Trinajstić information content (AvgIpc) is 2.45. The van der Waals surface area contributed by atoms with Crippen molar-refractivity contribution in [1.82, 2.24) is 9.97 Å². The van der Waals surface area contributed by atoms with Crippen molar-refractivity contribution in [3.05, 3.63) is 59.3 Å². The fourth-order valence-electron chi connectivity index (χ4n) is 2.98. The zero-order chi connectivity index (χ0) is 15.7. The van der Waals surface area contributed by atoms with Gasteiger partial charge >= 0.3 is 0 Å². The monoisotopic (exact) mass is 290 g/mol. The van der Waals surface area contributed by atoms with Crippen molar-refractivity contribution < 1.29 is 0 Å². The summed E-state index contributed by atoms with van der Waals surface area (Å²) in [5.41, 5.74) is 5.94. The Kier molecular flexibility index (Phi) is 3.93. The lowest BCUT2D eigenvalue weighted by Gasteiger charge is -2.10. The molecule has 0 saturated carbocycles. The first-order chi connectivity index (χ1) is 10.5. The number of rotatable bonds is 3. The lowest BCUT2D eigenvalue weighted by Crippen LogP contribution is -1.97. The van der Waals surface area contributed by atoms with Crippen molar-refractivity contribution in [3.63, 3.8) is 0 Å². The molecule has 0 saturated heterocycles. The minimum absolute atomic E-state index is 0.629. The lowest BCUT2D eigenvalue weighted by atomic mass is 9.99.